The smallest absolute Gasteiger partial charge is 0.315 e. The molecule has 14 heavy (non-hydrogen) atoms. The van der Waals surface area contributed by atoms with Crippen molar-refractivity contribution in [3.8, 4) is 11.8 Å². The molecular weight excluding hydrogens is 246 g/mol. The quantitative estimate of drug-likeness (QED) is 0.593. The Morgan fingerprint density at radius 2 is 2.29 bits per heavy atom. The monoisotopic (exact) mass is 253 g/mol. The van der Waals surface area contributed by atoms with Gasteiger partial charge in [0.1, 0.15) is 6.42 Å². The third-order valence-corrected chi connectivity index (χ3v) is 1.97. The summed E-state index contributed by atoms with van der Waals surface area (Å²) in [6.45, 7) is 0. The lowest BCUT2D eigenvalue weighted by Crippen LogP contribution is -1.92. The normalized spacial score (nSPS) is 8.93. The summed E-state index contributed by atoms with van der Waals surface area (Å²) in [5.74, 6) is 4.28. The predicted molar refractivity (Wildman–Crippen MR) is 57.7 cm³/mol. The number of rotatable bonds is 1. The SMILES string of the molecule is Nc1ccc(Br)cc1C#CCC(=O)O. The van der Waals surface area contributed by atoms with Gasteiger partial charge in [0.25, 0.3) is 0 Å². The van der Waals surface area contributed by atoms with Crippen LogP contribution in [0.5, 0.6) is 0 Å². The Bertz CT molecular complexity index is 418. The van der Waals surface area contributed by atoms with Crippen molar-refractivity contribution in [3.63, 3.8) is 0 Å². The summed E-state index contributed by atoms with van der Waals surface area (Å²) in [7, 11) is 0. The van der Waals surface area contributed by atoms with Crippen LogP contribution < -0.4 is 5.73 Å². The van der Waals surface area contributed by atoms with Gasteiger partial charge in [-0.3, -0.25) is 4.79 Å². The van der Waals surface area contributed by atoms with E-state index < -0.39 is 5.97 Å². The number of nitrogen functional groups attached to an aromatic ring is 1. The molecule has 0 unspecified atom stereocenters. The van der Waals surface area contributed by atoms with Crippen molar-refractivity contribution < 1.29 is 9.90 Å². The molecule has 0 spiro atoms. The fourth-order valence-electron chi connectivity index (χ4n) is 0.852. The molecule has 72 valence electrons. The van der Waals surface area contributed by atoms with Gasteiger partial charge in [-0.25, -0.2) is 0 Å². The lowest BCUT2D eigenvalue weighted by atomic mass is 10.2. The first kappa shape index (κ1) is 10.6. The molecule has 4 heteroatoms. The van der Waals surface area contributed by atoms with E-state index in [1.807, 2.05) is 0 Å². The maximum atomic E-state index is 10.2. The van der Waals surface area contributed by atoms with Crippen molar-refractivity contribution in [2.45, 2.75) is 6.42 Å². The lowest BCUT2D eigenvalue weighted by molar-refractivity contribution is -0.135. The average molecular weight is 254 g/mol. The minimum absolute atomic E-state index is 0.175. The van der Waals surface area contributed by atoms with E-state index in [4.69, 9.17) is 10.8 Å². The molecule has 0 bridgehead atoms. The summed E-state index contributed by atoms with van der Waals surface area (Å²) in [4.78, 5) is 10.2. The van der Waals surface area contributed by atoms with Crippen LogP contribution in [0.25, 0.3) is 0 Å². The molecule has 0 aliphatic carbocycles. The van der Waals surface area contributed by atoms with Gasteiger partial charge in [0.2, 0.25) is 0 Å². The van der Waals surface area contributed by atoms with Crippen LogP contribution in [0.15, 0.2) is 22.7 Å². The molecule has 0 amide bonds. The molecule has 0 aromatic heterocycles. The second-order valence-corrected chi connectivity index (χ2v) is 3.52. The molecule has 0 aliphatic heterocycles. The van der Waals surface area contributed by atoms with E-state index in [0.717, 1.165) is 4.47 Å². The molecule has 1 aromatic carbocycles. The molecule has 3 N–H and O–H groups in total. The first-order valence-electron chi connectivity index (χ1n) is 3.85. The number of benzene rings is 1. The molecule has 0 fully saturated rings. The van der Waals surface area contributed by atoms with Gasteiger partial charge in [0.05, 0.1) is 0 Å². The van der Waals surface area contributed by atoms with Crippen molar-refractivity contribution in [1.29, 1.82) is 0 Å². The van der Waals surface area contributed by atoms with Crippen molar-refractivity contribution in [3.05, 3.63) is 28.2 Å². The summed E-state index contributed by atoms with van der Waals surface area (Å²) in [5, 5.41) is 8.37. The number of hydrogen-bond acceptors (Lipinski definition) is 2. The van der Waals surface area contributed by atoms with Crippen molar-refractivity contribution in [2.75, 3.05) is 5.73 Å². The summed E-state index contributed by atoms with van der Waals surface area (Å²) < 4.78 is 0.867. The number of carbonyl (C=O) groups is 1. The molecular formula is C10H8BrNO2. The van der Waals surface area contributed by atoms with Gasteiger partial charge >= 0.3 is 5.97 Å². The highest BCUT2D eigenvalue weighted by molar-refractivity contribution is 9.10. The maximum Gasteiger partial charge on any atom is 0.315 e. The fourth-order valence-corrected chi connectivity index (χ4v) is 1.21. The zero-order valence-corrected chi connectivity index (χ0v) is 8.84. The van der Waals surface area contributed by atoms with E-state index in [1.54, 1.807) is 18.2 Å². The van der Waals surface area contributed by atoms with Gasteiger partial charge in [-0.1, -0.05) is 27.8 Å². The molecule has 0 radical (unpaired) electrons. The second-order valence-electron chi connectivity index (χ2n) is 2.60. The maximum absolute atomic E-state index is 10.2. The van der Waals surface area contributed by atoms with Crippen LogP contribution in [0.1, 0.15) is 12.0 Å². The summed E-state index contributed by atoms with van der Waals surface area (Å²) in [6.07, 6.45) is -0.175. The Hall–Kier alpha value is -1.47. The Labute approximate surface area is 90.1 Å². The number of carboxylic acids is 1. The highest BCUT2D eigenvalue weighted by Crippen LogP contribution is 2.17. The van der Waals surface area contributed by atoms with Crippen LogP contribution in [-0.2, 0) is 4.79 Å². The first-order chi connectivity index (χ1) is 6.59. The van der Waals surface area contributed by atoms with Gasteiger partial charge < -0.3 is 10.8 Å². The van der Waals surface area contributed by atoms with Crippen LogP contribution in [0.2, 0.25) is 0 Å². The Morgan fingerprint density at radius 1 is 1.57 bits per heavy atom. The fraction of sp³-hybridized carbons (Fsp3) is 0.100. The van der Waals surface area contributed by atoms with Gasteiger partial charge in [0, 0.05) is 15.7 Å². The van der Waals surface area contributed by atoms with Crippen molar-refractivity contribution in [1.82, 2.24) is 0 Å². The molecule has 0 aliphatic rings. The van der Waals surface area contributed by atoms with E-state index in [2.05, 4.69) is 27.8 Å². The van der Waals surface area contributed by atoms with Crippen LogP contribution in [0, 0.1) is 11.8 Å². The van der Waals surface area contributed by atoms with E-state index in [1.165, 1.54) is 0 Å². The van der Waals surface area contributed by atoms with Crippen LogP contribution in [0.3, 0.4) is 0 Å². The van der Waals surface area contributed by atoms with Crippen molar-refractivity contribution in [2.24, 2.45) is 0 Å². The lowest BCUT2D eigenvalue weighted by Gasteiger charge is -1.97. The Balaban J connectivity index is 2.88. The average Bonchev–Trinajstić information content (AvgIpc) is 2.10. The van der Waals surface area contributed by atoms with E-state index >= 15 is 0 Å². The third kappa shape index (κ3) is 3.11. The predicted octanol–water partition coefficient (Wildman–Crippen LogP) is 1.86. The Kier molecular flexibility index (Phi) is 3.55. The number of carboxylic acid groups (broad SMARTS) is 1. The summed E-state index contributed by atoms with van der Waals surface area (Å²) in [6, 6.07) is 5.27. The molecule has 1 aromatic rings. The minimum Gasteiger partial charge on any atom is -0.481 e. The largest absolute Gasteiger partial charge is 0.481 e. The standard InChI is InChI=1S/C10H8BrNO2/c11-8-4-5-9(12)7(6-8)2-1-3-10(13)14/h4-6H,3,12H2,(H,13,14). The third-order valence-electron chi connectivity index (χ3n) is 1.48. The van der Waals surface area contributed by atoms with Crippen LogP contribution >= 0.6 is 15.9 Å². The zero-order valence-electron chi connectivity index (χ0n) is 7.25. The van der Waals surface area contributed by atoms with Gasteiger partial charge in [0.15, 0.2) is 0 Å². The number of nitrogens with two attached hydrogens (primary N) is 1. The number of aliphatic carboxylic acids is 1. The zero-order chi connectivity index (χ0) is 10.6. The summed E-state index contributed by atoms with van der Waals surface area (Å²) >= 11 is 3.28. The topological polar surface area (TPSA) is 63.3 Å². The molecule has 0 atom stereocenters. The summed E-state index contributed by atoms with van der Waals surface area (Å²) in [5.41, 5.74) is 6.82. The van der Waals surface area contributed by atoms with E-state index in [-0.39, 0.29) is 6.42 Å². The number of anilines is 1. The minimum atomic E-state index is -0.939. The van der Waals surface area contributed by atoms with Crippen LogP contribution in [0.4, 0.5) is 5.69 Å². The molecule has 0 saturated heterocycles. The molecule has 0 heterocycles. The molecule has 3 nitrogen and oxygen atoms in total. The molecule has 1 rings (SSSR count). The van der Waals surface area contributed by atoms with Crippen LogP contribution in [-0.4, -0.2) is 11.1 Å². The van der Waals surface area contributed by atoms with Crippen molar-refractivity contribution >= 4 is 27.6 Å². The van der Waals surface area contributed by atoms with E-state index in [9.17, 15) is 4.79 Å². The van der Waals surface area contributed by atoms with Gasteiger partial charge in [-0.05, 0) is 18.2 Å². The Morgan fingerprint density at radius 3 is 2.93 bits per heavy atom. The van der Waals surface area contributed by atoms with E-state index in [0.29, 0.717) is 11.3 Å². The van der Waals surface area contributed by atoms with Gasteiger partial charge in [-0.2, -0.15) is 0 Å². The highest BCUT2D eigenvalue weighted by atomic mass is 79.9. The van der Waals surface area contributed by atoms with Gasteiger partial charge in [-0.15, -0.1) is 0 Å². The number of hydrogen-bond donors (Lipinski definition) is 2. The highest BCUT2D eigenvalue weighted by Gasteiger charge is 1.96. The first-order valence-corrected chi connectivity index (χ1v) is 4.64. The number of halogens is 1. The molecule has 0 saturated carbocycles. The second kappa shape index (κ2) is 4.68.